The number of rotatable bonds is 9. The Bertz CT molecular complexity index is 418. The zero-order chi connectivity index (χ0) is 15.1. The predicted octanol–water partition coefficient (Wildman–Crippen LogP) is 1.67. The lowest BCUT2D eigenvalue weighted by Gasteiger charge is -2.25. The Kier molecular flexibility index (Phi) is 6.67. The summed E-state index contributed by atoms with van der Waals surface area (Å²) in [5.41, 5.74) is 2.57. The van der Waals surface area contributed by atoms with Crippen LogP contribution in [-0.2, 0) is 24.2 Å². The van der Waals surface area contributed by atoms with Crippen LogP contribution in [-0.4, -0.2) is 54.1 Å². The Morgan fingerprint density at radius 2 is 2.29 bits per heavy atom. The second-order valence-electron chi connectivity index (χ2n) is 5.76. The van der Waals surface area contributed by atoms with Crippen LogP contribution in [0.4, 0.5) is 0 Å². The molecule has 2 heterocycles. The Balaban J connectivity index is 1.89. The van der Waals surface area contributed by atoms with Crippen molar-refractivity contribution in [3.8, 4) is 0 Å². The second-order valence-corrected chi connectivity index (χ2v) is 5.76. The average molecular weight is 294 g/mol. The zero-order valence-electron chi connectivity index (χ0n) is 13.8. The summed E-state index contributed by atoms with van der Waals surface area (Å²) in [6.07, 6.45) is 3.61. The lowest BCUT2D eigenvalue weighted by molar-refractivity contribution is 0.190. The van der Waals surface area contributed by atoms with Crippen molar-refractivity contribution in [1.29, 1.82) is 0 Å². The molecule has 5 heteroatoms. The molecule has 0 radical (unpaired) electrons. The first-order valence-electron chi connectivity index (χ1n) is 8.27. The summed E-state index contributed by atoms with van der Waals surface area (Å²) in [4.78, 5) is 2.60. The molecule has 21 heavy (non-hydrogen) atoms. The van der Waals surface area contributed by atoms with E-state index in [2.05, 4.69) is 39.9 Å². The number of methoxy groups -OCH3 is 1. The van der Waals surface area contributed by atoms with Crippen LogP contribution < -0.4 is 5.32 Å². The molecule has 0 spiro atoms. The number of aromatic nitrogens is 2. The van der Waals surface area contributed by atoms with Gasteiger partial charge in [-0.2, -0.15) is 5.10 Å². The number of hydrogen-bond donors (Lipinski definition) is 1. The van der Waals surface area contributed by atoms with Crippen molar-refractivity contribution < 1.29 is 4.74 Å². The standard InChI is InChI=1S/C16H30N4O/c1-4-14-11-16(20(5-2)18-14)13-19-9-6-7-15(19)12-17-8-10-21-3/h11,15,17H,4-10,12-13H2,1-3H3. The van der Waals surface area contributed by atoms with Crippen molar-refractivity contribution in [3.63, 3.8) is 0 Å². The van der Waals surface area contributed by atoms with Crippen LogP contribution in [0.15, 0.2) is 6.07 Å². The van der Waals surface area contributed by atoms with Gasteiger partial charge in [0.25, 0.3) is 0 Å². The van der Waals surface area contributed by atoms with Gasteiger partial charge in [0, 0.05) is 39.3 Å². The van der Waals surface area contributed by atoms with Gasteiger partial charge in [-0.15, -0.1) is 0 Å². The van der Waals surface area contributed by atoms with Crippen molar-refractivity contribution in [2.24, 2.45) is 0 Å². The van der Waals surface area contributed by atoms with E-state index < -0.39 is 0 Å². The maximum absolute atomic E-state index is 5.09. The van der Waals surface area contributed by atoms with Gasteiger partial charge in [-0.3, -0.25) is 9.58 Å². The highest BCUT2D eigenvalue weighted by Gasteiger charge is 2.25. The van der Waals surface area contributed by atoms with Crippen LogP contribution >= 0.6 is 0 Å². The maximum Gasteiger partial charge on any atom is 0.0625 e. The molecule has 1 aromatic heterocycles. The number of likely N-dealkylation sites (tertiary alicyclic amines) is 1. The molecule has 0 aliphatic carbocycles. The molecule has 0 aromatic carbocycles. The second kappa shape index (κ2) is 8.51. The zero-order valence-corrected chi connectivity index (χ0v) is 13.8. The van der Waals surface area contributed by atoms with Crippen LogP contribution in [0.3, 0.4) is 0 Å². The minimum Gasteiger partial charge on any atom is -0.383 e. The quantitative estimate of drug-likeness (QED) is 0.704. The molecule has 0 amide bonds. The van der Waals surface area contributed by atoms with Crippen molar-refractivity contribution in [2.45, 2.75) is 52.2 Å². The molecular weight excluding hydrogens is 264 g/mol. The lowest BCUT2D eigenvalue weighted by Crippen LogP contribution is -2.38. The Morgan fingerprint density at radius 3 is 3.00 bits per heavy atom. The molecule has 1 atom stereocenters. The third-order valence-electron chi connectivity index (χ3n) is 4.30. The molecule has 1 fully saturated rings. The van der Waals surface area contributed by atoms with E-state index >= 15 is 0 Å². The van der Waals surface area contributed by atoms with Crippen molar-refractivity contribution in [3.05, 3.63) is 17.5 Å². The van der Waals surface area contributed by atoms with E-state index in [0.29, 0.717) is 6.04 Å². The van der Waals surface area contributed by atoms with Gasteiger partial charge in [0.2, 0.25) is 0 Å². The summed E-state index contributed by atoms with van der Waals surface area (Å²) in [6, 6.07) is 2.92. The molecule has 1 N–H and O–H groups in total. The summed E-state index contributed by atoms with van der Waals surface area (Å²) < 4.78 is 7.25. The fourth-order valence-electron chi connectivity index (χ4n) is 3.07. The maximum atomic E-state index is 5.09. The molecule has 1 saturated heterocycles. The van der Waals surface area contributed by atoms with Crippen molar-refractivity contribution >= 4 is 0 Å². The van der Waals surface area contributed by atoms with E-state index in [1.165, 1.54) is 30.8 Å². The minimum atomic E-state index is 0.645. The topological polar surface area (TPSA) is 42.3 Å². The van der Waals surface area contributed by atoms with Gasteiger partial charge in [0.1, 0.15) is 0 Å². The van der Waals surface area contributed by atoms with Crippen molar-refractivity contribution in [2.75, 3.05) is 33.4 Å². The number of ether oxygens (including phenoxy) is 1. The predicted molar refractivity (Wildman–Crippen MR) is 85.5 cm³/mol. The Hall–Kier alpha value is -0.910. The summed E-state index contributed by atoms with van der Waals surface area (Å²) in [5.74, 6) is 0. The van der Waals surface area contributed by atoms with Crippen LogP contribution in [0.25, 0.3) is 0 Å². The highest BCUT2D eigenvalue weighted by atomic mass is 16.5. The van der Waals surface area contributed by atoms with Gasteiger partial charge in [-0.05, 0) is 38.8 Å². The van der Waals surface area contributed by atoms with E-state index in [9.17, 15) is 0 Å². The van der Waals surface area contributed by atoms with Gasteiger partial charge < -0.3 is 10.1 Å². The molecule has 0 saturated carbocycles. The molecule has 120 valence electrons. The molecule has 2 rings (SSSR count). The van der Waals surface area contributed by atoms with Gasteiger partial charge in [0.15, 0.2) is 0 Å². The average Bonchev–Trinajstić information content (AvgIpc) is 3.10. The summed E-state index contributed by atoms with van der Waals surface area (Å²) in [6.45, 7) is 10.3. The van der Waals surface area contributed by atoms with Crippen LogP contribution in [0.1, 0.15) is 38.1 Å². The minimum absolute atomic E-state index is 0.645. The van der Waals surface area contributed by atoms with Gasteiger partial charge in [-0.25, -0.2) is 0 Å². The van der Waals surface area contributed by atoms with E-state index in [4.69, 9.17) is 4.74 Å². The van der Waals surface area contributed by atoms with E-state index in [0.717, 1.165) is 39.2 Å². The third-order valence-corrected chi connectivity index (χ3v) is 4.30. The lowest BCUT2D eigenvalue weighted by atomic mass is 10.2. The Morgan fingerprint density at radius 1 is 1.43 bits per heavy atom. The highest BCUT2D eigenvalue weighted by molar-refractivity contribution is 5.11. The molecule has 0 bridgehead atoms. The molecule has 1 unspecified atom stereocenters. The smallest absolute Gasteiger partial charge is 0.0625 e. The van der Waals surface area contributed by atoms with Crippen LogP contribution in [0, 0.1) is 0 Å². The number of nitrogens with zero attached hydrogens (tertiary/aromatic N) is 3. The fourth-order valence-corrected chi connectivity index (χ4v) is 3.07. The number of aryl methyl sites for hydroxylation is 2. The first-order valence-corrected chi connectivity index (χ1v) is 8.27. The molecule has 1 aliphatic rings. The number of nitrogens with one attached hydrogen (secondary N) is 1. The van der Waals surface area contributed by atoms with Crippen LogP contribution in [0.2, 0.25) is 0 Å². The van der Waals surface area contributed by atoms with E-state index in [-0.39, 0.29) is 0 Å². The first-order chi connectivity index (χ1) is 10.3. The third kappa shape index (κ3) is 4.53. The highest BCUT2D eigenvalue weighted by Crippen LogP contribution is 2.20. The van der Waals surface area contributed by atoms with Crippen molar-refractivity contribution in [1.82, 2.24) is 20.0 Å². The monoisotopic (exact) mass is 294 g/mol. The van der Waals surface area contributed by atoms with Gasteiger partial charge in [-0.1, -0.05) is 6.92 Å². The molecule has 1 aromatic rings. The largest absolute Gasteiger partial charge is 0.383 e. The van der Waals surface area contributed by atoms with Gasteiger partial charge >= 0.3 is 0 Å². The summed E-state index contributed by atoms with van der Waals surface area (Å²) >= 11 is 0. The molecule has 1 aliphatic heterocycles. The SMILES string of the molecule is CCc1cc(CN2CCCC2CNCCOC)n(CC)n1. The first kappa shape index (κ1) is 16.5. The van der Waals surface area contributed by atoms with E-state index in [1.807, 2.05) is 0 Å². The summed E-state index contributed by atoms with van der Waals surface area (Å²) in [5, 5.41) is 8.16. The Labute approximate surface area is 128 Å². The van der Waals surface area contributed by atoms with Crippen LogP contribution in [0.5, 0.6) is 0 Å². The number of hydrogen-bond acceptors (Lipinski definition) is 4. The molecule has 5 nitrogen and oxygen atoms in total. The van der Waals surface area contributed by atoms with Gasteiger partial charge in [0.05, 0.1) is 18.0 Å². The summed E-state index contributed by atoms with van der Waals surface area (Å²) in [7, 11) is 1.75. The molecular formula is C16H30N4O. The fraction of sp³-hybridized carbons (Fsp3) is 0.812. The van der Waals surface area contributed by atoms with E-state index in [1.54, 1.807) is 7.11 Å². The normalized spacial score (nSPS) is 19.5.